The summed E-state index contributed by atoms with van der Waals surface area (Å²) in [4.78, 5) is 2.09. The van der Waals surface area contributed by atoms with Crippen molar-refractivity contribution >= 4 is 10.8 Å². The number of rotatable bonds is 6. The molecule has 2 rings (SSSR count). The molecule has 4 heteroatoms. The largest absolute Gasteiger partial charge is 0.496 e. The van der Waals surface area contributed by atoms with E-state index in [2.05, 4.69) is 16.3 Å². The first-order valence-electron chi connectivity index (χ1n) is 7.00. The molecule has 1 N–H and O–H groups in total. The van der Waals surface area contributed by atoms with E-state index in [0.717, 1.165) is 35.2 Å². The Bertz CT molecular complexity index is 646. The van der Waals surface area contributed by atoms with E-state index in [9.17, 15) is 5.26 Å². The smallest absolute Gasteiger partial charge is 0.126 e. The third kappa shape index (κ3) is 3.52. The first kappa shape index (κ1) is 15.3. The van der Waals surface area contributed by atoms with Crippen LogP contribution < -0.4 is 10.1 Å². The van der Waals surface area contributed by atoms with Crippen LogP contribution in [0.4, 0.5) is 0 Å². The summed E-state index contributed by atoms with van der Waals surface area (Å²) in [5.41, 5.74) is 0.993. The molecule has 0 radical (unpaired) electrons. The van der Waals surface area contributed by atoms with Gasteiger partial charge < -0.3 is 9.64 Å². The quantitative estimate of drug-likeness (QED) is 0.885. The normalized spacial score (nSPS) is 12.3. The number of fused-ring (bicyclic) bond motifs is 1. The zero-order chi connectivity index (χ0) is 15.2. The van der Waals surface area contributed by atoms with Gasteiger partial charge in [-0.25, -0.2) is 0 Å². The van der Waals surface area contributed by atoms with Gasteiger partial charge in [-0.2, -0.15) is 5.26 Å². The predicted molar refractivity (Wildman–Crippen MR) is 85.4 cm³/mol. The second-order valence-corrected chi connectivity index (χ2v) is 5.22. The molecule has 0 saturated heterocycles. The van der Waals surface area contributed by atoms with E-state index < -0.39 is 0 Å². The molecule has 0 bridgehead atoms. The maximum absolute atomic E-state index is 9.47. The molecule has 110 valence electrons. The van der Waals surface area contributed by atoms with Gasteiger partial charge in [0.25, 0.3) is 0 Å². The lowest BCUT2D eigenvalue weighted by atomic mass is 9.98. The standard InChI is InChI=1S/C17H21N3O/c1-20(2)11-10-19-16(12-18)14-8-9-17(21-3)15-7-5-4-6-13(14)15/h4-9,16,19H,10-11H2,1-3H3. The highest BCUT2D eigenvalue weighted by molar-refractivity contribution is 5.91. The molecule has 0 amide bonds. The maximum Gasteiger partial charge on any atom is 0.126 e. The van der Waals surface area contributed by atoms with E-state index in [-0.39, 0.29) is 6.04 Å². The number of likely N-dealkylation sites (N-methyl/N-ethyl adjacent to an activating group) is 1. The van der Waals surface area contributed by atoms with Gasteiger partial charge in [-0.3, -0.25) is 5.32 Å². The van der Waals surface area contributed by atoms with Gasteiger partial charge in [0.2, 0.25) is 0 Å². The number of hydrogen-bond donors (Lipinski definition) is 1. The molecule has 1 unspecified atom stereocenters. The van der Waals surface area contributed by atoms with Crippen LogP contribution in [0.3, 0.4) is 0 Å². The van der Waals surface area contributed by atoms with Gasteiger partial charge in [0.1, 0.15) is 11.8 Å². The molecule has 0 aliphatic heterocycles. The molecule has 21 heavy (non-hydrogen) atoms. The van der Waals surface area contributed by atoms with Crippen molar-refractivity contribution < 1.29 is 4.74 Å². The molecule has 4 nitrogen and oxygen atoms in total. The van der Waals surface area contributed by atoms with Crippen molar-refractivity contribution in [3.05, 3.63) is 42.0 Å². The first-order chi connectivity index (χ1) is 10.2. The van der Waals surface area contributed by atoms with Crippen molar-refractivity contribution in [1.29, 1.82) is 5.26 Å². The number of nitrogens with one attached hydrogen (secondary N) is 1. The SMILES string of the molecule is COc1ccc(C(C#N)NCCN(C)C)c2ccccc12. The average molecular weight is 283 g/mol. The van der Waals surface area contributed by atoms with Crippen LogP contribution in [0.1, 0.15) is 11.6 Å². The maximum atomic E-state index is 9.47. The number of nitrogens with zero attached hydrogens (tertiary/aromatic N) is 2. The van der Waals surface area contributed by atoms with Crippen LogP contribution in [0.2, 0.25) is 0 Å². The molecule has 0 aliphatic rings. The molecule has 2 aromatic carbocycles. The van der Waals surface area contributed by atoms with E-state index in [1.165, 1.54) is 0 Å². The molecule has 0 fully saturated rings. The molecule has 0 saturated carbocycles. The molecule has 2 aromatic rings. The van der Waals surface area contributed by atoms with Gasteiger partial charge in [0, 0.05) is 18.5 Å². The summed E-state index contributed by atoms with van der Waals surface area (Å²) < 4.78 is 5.40. The van der Waals surface area contributed by atoms with Crippen LogP contribution in [0.25, 0.3) is 10.8 Å². The van der Waals surface area contributed by atoms with Crippen LogP contribution in [0.5, 0.6) is 5.75 Å². The predicted octanol–water partition coefficient (Wildman–Crippen LogP) is 2.56. The van der Waals surface area contributed by atoms with Crippen molar-refractivity contribution in [1.82, 2.24) is 10.2 Å². The summed E-state index contributed by atoms with van der Waals surface area (Å²) in [6, 6.07) is 13.9. The Kier molecular flexibility index (Phi) is 5.15. The monoisotopic (exact) mass is 283 g/mol. The highest BCUT2D eigenvalue weighted by Gasteiger charge is 2.14. The Morgan fingerprint density at radius 3 is 2.52 bits per heavy atom. The number of hydrogen-bond acceptors (Lipinski definition) is 4. The van der Waals surface area contributed by atoms with Crippen LogP contribution in [0.15, 0.2) is 36.4 Å². The van der Waals surface area contributed by atoms with Crippen molar-refractivity contribution in [3.8, 4) is 11.8 Å². The minimum absolute atomic E-state index is 0.319. The number of methoxy groups -OCH3 is 1. The minimum Gasteiger partial charge on any atom is -0.496 e. The van der Waals surface area contributed by atoms with E-state index in [1.54, 1.807) is 7.11 Å². The van der Waals surface area contributed by atoms with Gasteiger partial charge in [-0.15, -0.1) is 0 Å². The van der Waals surface area contributed by atoms with Gasteiger partial charge >= 0.3 is 0 Å². The molecule has 0 aromatic heterocycles. The molecule has 0 heterocycles. The summed E-state index contributed by atoms with van der Waals surface area (Å²) in [7, 11) is 5.70. The minimum atomic E-state index is -0.319. The highest BCUT2D eigenvalue weighted by Crippen LogP contribution is 2.31. The molecule has 0 aliphatic carbocycles. The fourth-order valence-corrected chi connectivity index (χ4v) is 2.38. The van der Waals surface area contributed by atoms with Gasteiger partial charge in [-0.05, 0) is 31.1 Å². The summed E-state index contributed by atoms with van der Waals surface area (Å²) >= 11 is 0. The molecule has 0 spiro atoms. The van der Waals surface area contributed by atoms with E-state index >= 15 is 0 Å². The van der Waals surface area contributed by atoms with Crippen molar-refractivity contribution in [3.63, 3.8) is 0 Å². The summed E-state index contributed by atoms with van der Waals surface area (Å²) in [5, 5.41) is 14.9. The zero-order valence-corrected chi connectivity index (χ0v) is 12.8. The Balaban J connectivity index is 2.34. The summed E-state index contributed by atoms with van der Waals surface area (Å²) in [5.74, 6) is 0.833. The average Bonchev–Trinajstić information content (AvgIpc) is 2.50. The first-order valence-corrected chi connectivity index (χ1v) is 7.00. The second kappa shape index (κ2) is 7.07. The fraction of sp³-hybridized carbons (Fsp3) is 0.353. The summed E-state index contributed by atoms with van der Waals surface area (Å²) in [6.07, 6.45) is 0. The Labute approximate surface area is 125 Å². The van der Waals surface area contributed by atoms with Gasteiger partial charge in [-0.1, -0.05) is 30.3 Å². The van der Waals surface area contributed by atoms with Crippen molar-refractivity contribution in [2.45, 2.75) is 6.04 Å². The van der Waals surface area contributed by atoms with E-state index in [1.807, 2.05) is 50.5 Å². The Morgan fingerprint density at radius 2 is 1.90 bits per heavy atom. The number of benzene rings is 2. The summed E-state index contributed by atoms with van der Waals surface area (Å²) in [6.45, 7) is 1.66. The lowest BCUT2D eigenvalue weighted by Crippen LogP contribution is -2.29. The highest BCUT2D eigenvalue weighted by atomic mass is 16.5. The Morgan fingerprint density at radius 1 is 1.19 bits per heavy atom. The van der Waals surface area contributed by atoms with Crippen LogP contribution >= 0.6 is 0 Å². The lowest BCUT2D eigenvalue weighted by molar-refractivity contribution is 0.395. The van der Waals surface area contributed by atoms with E-state index in [0.29, 0.717) is 0 Å². The van der Waals surface area contributed by atoms with Crippen LogP contribution in [0, 0.1) is 11.3 Å². The van der Waals surface area contributed by atoms with Crippen molar-refractivity contribution in [2.24, 2.45) is 0 Å². The van der Waals surface area contributed by atoms with Gasteiger partial charge in [0.15, 0.2) is 0 Å². The molecular formula is C17H21N3O. The van der Waals surface area contributed by atoms with Crippen LogP contribution in [-0.4, -0.2) is 39.2 Å². The van der Waals surface area contributed by atoms with Crippen molar-refractivity contribution in [2.75, 3.05) is 34.3 Å². The van der Waals surface area contributed by atoms with Gasteiger partial charge in [0.05, 0.1) is 13.2 Å². The lowest BCUT2D eigenvalue weighted by Gasteiger charge is -2.17. The third-order valence-corrected chi connectivity index (χ3v) is 3.49. The number of nitriles is 1. The Hall–Kier alpha value is -2.09. The number of ether oxygens (including phenoxy) is 1. The topological polar surface area (TPSA) is 48.3 Å². The van der Waals surface area contributed by atoms with E-state index in [4.69, 9.17) is 4.74 Å². The third-order valence-electron chi connectivity index (χ3n) is 3.49. The fourth-order valence-electron chi connectivity index (χ4n) is 2.38. The zero-order valence-electron chi connectivity index (χ0n) is 12.8. The molecule has 1 atom stereocenters. The second-order valence-electron chi connectivity index (χ2n) is 5.22. The van der Waals surface area contributed by atoms with Crippen LogP contribution in [-0.2, 0) is 0 Å². The molecular weight excluding hydrogens is 262 g/mol.